The van der Waals surface area contributed by atoms with Crippen molar-refractivity contribution >= 4 is 5.91 Å². The monoisotopic (exact) mass is 283 g/mol. The zero-order chi connectivity index (χ0) is 15.3. The number of amides is 1. The van der Waals surface area contributed by atoms with Crippen LogP contribution in [-0.2, 0) is 4.79 Å². The Kier molecular flexibility index (Phi) is 5.95. The zero-order valence-electron chi connectivity index (χ0n) is 12.3. The summed E-state index contributed by atoms with van der Waals surface area (Å²) in [6, 6.07) is 3.86. The molecule has 1 aromatic rings. The summed E-state index contributed by atoms with van der Waals surface area (Å²) in [6.07, 6.45) is -1.58. The van der Waals surface area contributed by atoms with E-state index in [1.807, 2.05) is 13.8 Å². The molecule has 2 N–H and O–H groups in total. The molecule has 2 atom stereocenters. The fourth-order valence-electron chi connectivity index (χ4n) is 1.65. The van der Waals surface area contributed by atoms with Crippen LogP contribution >= 0.6 is 0 Å². The number of carbonyl (C=O) groups excluding carboxylic acids is 1. The minimum atomic E-state index is -0.869. The molecule has 112 valence electrons. The van der Waals surface area contributed by atoms with Gasteiger partial charge in [-0.15, -0.1) is 0 Å². The molecule has 0 aliphatic carbocycles. The van der Waals surface area contributed by atoms with E-state index in [0.29, 0.717) is 23.8 Å². The SMILES string of the molecule is CC(C)CNC(=O)C(C)Oc1ccc(F)cc1C(C)O. The number of benzene rings is 1. The Morgan fingerprint density at radius 2 is 2.00 bits per heavy atom. The summed E-state index contributed by atoms with van der Waals surface area (Å²) >= 11 is 0. The van der Waals surface area contributed by atoms with Crippen molar-refractivity contribution in [2.24, 2.45) is 5.92 Å². The highest BCUT2D eigenvalue weighted by Gasteiger charge is 2.18. The standard InChI is InChI=1S/C15H22FNO3/c1-9(2)8-17-15(19)11(4)20-14-6-5-12(16)7-13(14)10(3)18/h5-7,9-11,18H,8H2,1-4H3,(H,17,19). The fraction of sp³-hybridized carbons (Fsp3) is 0.533. The van der Waals surface area contributed by atoms with Gasteiger partial charge >= 0.3 is 0 Å². The largest absolute Gasteiger partial charge is 0.481 e. The number of halogens is 1. The molecular formula is C15H22FNO3. The zero-order valence-corrected chi connectivity index (χ0v) is 12.3. The smallest absolute Gasteiger partial charge is 0.260 e. The Balaban J connectivity index is 2.75. The normalized spacial score (nSPS) is 13.9. The second-order valence-electron chi connectivity index (χ2n) is 5.26. The Morgan fingerprint density at radius 3 is 2.55 bits per heavy atom. The third-order valence-electron chi connectivity index (χ3n) is 2.78. The molecule has 0 fully saturated rings. The quantitative estimate of drug-likeness (QED) is 0.843. The summed E-state index contributed by atoms with van der Waals surface area (Å²) in [5, 5.41) is 12.4. The van der Waals surface area contributed by atoms with Crippen LogP contribution in [-0.4, -0.2) is 23.7 Å². The van der Waals surface area contributed by atoms with E-state index in [1.165, 1.54) is 25.1 Å². The second kappa shape index (κ2) is 7.24. The summed E-state index contributed by atoms with van der Waals surface area (Å²) in [4.78, 5) is 11.8. The van der Waals surface area contributed by atoms with E-state index < -0.39 is 18.0 Å². The number of aliphatic hydroxyl groups excluding tert-OH is 1. The van der Waals surface area contributed by atoms with Gasteiger partial charge in [0, 0.05) is 12.1 Å². The first-order valence-corrected chi connectivity index (χ1v) is 6.73. The molecule has 0 aliphatic rings. The average Bonchev–Trinajstić information content (AvgIpc) is 2.37. The van der Waals surface area contributed by atoms with Crippen LogP contribution in [0.4, 0.5) is 4.39 Å². The van der Waals surface area contributed by atoms with Gasteiger partial charge in [-0.05, 0) is 38.0 Å². The van der Waals surface area contributed by atoms with E-state index in [0.717, 1.165) is 0 Å². The van der Waals surface area contributed by atoms with Crippen LogP contribution in [0.3, 0.4) is 0 Å². The molecule has 1 rings (SSSR count). The number of ether oxygens (including phenoxy) is 1. The van der Waals surface area contributed by atoms with Gasteiger partial charge < -0.3 is 15.2 Å². The highest BCUT2D eigenvalue weighted by Crippen LogP contribution is 2.26. The minimum absolute atomic E-state index is 0.237. The van der Waals surface area contributed by atoms with Crippen molar-refractivity contribution in [2.45, 2.75) is 39.9 Å². The molecule has 0 saturated heterocycles. The van der Waals surface area contributed by atoms with Crippen LogP contribution in [0.1, 0.15) is 39.4 Å². The van der Waals surface area contributed by atoms with Crippen molar-refractivity contribution < 1.29 is 19.0 Å². The van der Waals surface area contributed by atoms with Gasteiger partial charge in [-0.1, -0.05) is 13.8 Å². The predicted molar refractivity (Wildman–Crippen MR) is 75.0 cm³/mol. The predicted octanol–water partition coefficient (Wildman–Crippen LogP) is 2.42. The molecule has 4 nitrogen and oxygen atoms in total. The molecule has 2 unspecified atom stereocenters. The van der Waals surface area contributed by atoms with Crippen molar-refractivity contribution in [3.8, 4) is 5.75 Å². The molecule has 5 heteroatoms. The molecule has 0 saturated carbocycles. The Hall–Kier alpha value is -1.62. The lowest BCUT2D eigenvalue weighted by Gasteiger charge is -2.19. The van der Waals surface area contributed by atoms with Crippen LogP contribution in [0.25, 0.3) is 0 Å². The number of aliphatic hydroxyl groups is 1. The van der Waals surface area contributed by atoms with E-state index in [2.05, 4.69) is 5.32 Å². The molecule has 0 heterocycles. The van der Waals surface area contributed by atoms with Gasteiger partial charge in [-0.25, -0.2) is 4.39 Å². The van der Waals surface area contributed by atoms with Gasteiger partial charge in [0.2, 0.25) is 0 Å². The van der Waals surface area contributed by atoms with Crippen molar-refractivity contribution in [1.29, 1.82) is 0 Å². The van der Waals surface area contributed by atoms with Gasteiger partial charge in [0.1, 0.15) is 11.6 Å². The first kappa shape index (κ1) is 16.4. The van der Waals surface area contributed by atoms with Gasteiger partial charge in [0.15, 0.2) is 6.10 Å². The number of hydrogen-bond acceptors (Lipinski definition) is 3. The molecule has 0 bridgehead atoms. The van der Waals surface area contributed by atoms with Crippen molar-refractivity contribution in [2.75, 3.05) is 6.54 Å². The fourth-order valence-corrected chi connectivity index (χ4v) is 1.65. The van der Waals surface area contributed by atoms with Crippen molar-refractivity contribution in [3.63, 3.8) is 0 Å². The summed E-state index contributed by atoms with van der Waals surface area (Å²) in [6.45, 7) is 7.70. The van der Waals surface area contributed by atoms with Crippen LogP contribution in [0, 0.1) is 11.7 Å². The summed E-state index contributed by atoms with van der Waals surface area (Å²) < 4.78 is 18.7. The first-order chi connectivity index (χ1) is 9.31. The lowest BCUT2D eigenvalue weighted by atomic mass is 10.1. The van der Waals surface area contributed by atoms with Gasteiger partial charge in [-0.3, -0.25) is 4.79 Å². The van der Waals surface area contributed by atoms with E-state index in [-0.39, 0.29) is 5.91 Å². The Bertz CT molecular complexity index is 460. The molecule has 20 heavy (non-hydrogen) atoms. The molecular weight excluding hydrogens is 261 g/mol. The van der Waals surface area contributed by atoms with Gasteiger partial charge in [0.25, 0.3) is 5.91 Å². The minimum Gasteiger partial charge on any atom is -0.481 e. The third-order valence-corrected chi connectivity index (χ3v) is 2.78. The highest BCUT2D eigenvalue weighted by molar-refractivity contribution is 5.80. The highest BCUT2D eigenvalue weighted by atomic mass is 19.1. The topological polar surface area (TPSA) is 58.6 Å². The van der Waals surface area contributed by atoms with E-state index >= 15 is 0 Å². The maximum atomic E-state index is 13.2. The number of hydrogen-bond donors (Lipinski definition) is 2. The maximum Gasteiger partial charge on any atom is 0.260 e. The second-order valence-corrected chi connectivity index (χ2v) is 5.26. The molecule has 0 aliphatic heterocycles. The Labute approximate surface area is 119 Å². The maximum absolute atomic E-state index is 13.2. The van der Waals surface area contributed by atoms with Crippen LogP contribution in [0.5, 0.6) is 5.75 Å². The third kappa shape index (κ3) is 4.81. The van der Waals surface area contributed by atoms with Crippen molar-refractivity contribution in [3.05, 3.63) is 29.6 Å². The first-order valence-electron chi connectivity index (χ1n) is 6.73. The average molecular weight is 283 g/mol. The molecule has 0 spiro atoms. The number of carbonyl (C=O) groups is 1. The number of nitrogens with one attached hydrogen (secondary N) is 1. The summed E-state index contributed by atoms with van der Waals surface area (Å²) in [5.74, 6) is -0.0247. The van der Waals surface area contributed by atoms with E-state index in [4.69, 9.17) is 4.74 Å². The summed E-state index contributed by atoms with van der Waals surface area (Å²) in [5.41, 5.74) is 0.327. The number of rotatable bonds is 6. The lowest BCUT2D eigenvalue weighted by molar-refractivity contribution is -0.127. The van der Waals surface area contributed by atoms with Crippen LogP contribution < -0.4 is 10.1 Å². The van der Waals surface area contributed by atoms with E-state index in [9.17, 15) is 14.3 Å². The van der Waals surface area contributed by atoms with Crippen LogP contribution in [0.15, 0.2) is 18.2 Å². The van der Waals surface area contributed by atoms with Crippen LogP contribution in [0.2, 0.25) is 0 Å². The molecule has 0 aromatic heterocycles. The lowest BCUT2D eigenvalue weighted by Crippen LogP contribution is -2.38. The Morgan fingerprint density at radius 1 is 1.35 bits per heavy atom. The van der Waals surface area contributed by atoms with Crippen molar-refractivity contribution in [1.82, 2.24) is 5.32 Å². The van der Waals surface area contributed by atoms with Gasteiger partial charge in [0.05, 0.1) is 6.10 Å². The molecule has 0 radical (unpaired) electrons. The van der Waals surface area contributed by atoms with Gasteiger partial charge in [-0.2, -0.15) is 0 Å². The summed E-state index contributed by atoms with van der Waals surface area (Å²) in [7, 11) is 0. The molecule has 1 aromatic carbocycles. The molecule has 1 amide bonds. The van der Waals surface area contributed by atoms with E-state index in [1.54, 1.807) is 6.92 Å².